The van der Waals surface area contributed by atoms with Crippen LogP contribution in [0.3, 0.4) is 0 Å². The molecule has 1 aromatic rings. The van der Waals surface area contributed by atoms with E-state index in [0.717, 1.165) is 12.0 Å². The van der Waals surface area contributed by atoms with E-state index in [4.69, 9.17) is 0 Å². The van der Waals surface area contributed by atoms with Gasteiger partial charge in [-0.25, -0.2) is 0 Å². The highest BCUT2D eigenvalue weighted by atomic mass is 16.2. The number of nitrogens with zero attached hydrogens (tertiary/aromatic N) is 2. The van der Waals surface area contributed by atoms with Gasteiger partial charge in [-0.15, -0.1) is 0 Å². The highest BCUT2D eigenvalue weighted by molar-refractivity contribution is 5.85. The van der Waals surface area contributed by atoms with E-state index in [0.29, 0.717) is 32.1 Å². The second kappa shape index (κ2) is 8.03. The first-order chi connectivity index (χ1) is 11.8. The molecule has 1 fully saturated rings. The molecule has 1 aliphatic rings. The van der Waals surface area contributed by atoms with Crippen LogP contribution in [-0.4, -0.2) is 47.8 Å². The SMILES string of the molecule is CCC(C)C(C(=O)N1CCN(C(=O)C(C)(C)C)CC1)c1ccccc1. The summed E-state index contributed by atoms with van der Waals surface area (Å²) in [6.07, 6.45) is 0.966. The maximum atomic E-state index is 13.2. The molecule has 1 heterocycles. The Morgan fingerprint density at radius 3 is 2.00 bits per heavy atom. The maximum absolute atomic E-state index is 13.2. The largest absolute Gasteiger partial charge is 0.339 e. The van der Waals surface area contributed by atoms with Crippen molar-refractivity contribution in [3.05, 3.63) is 35.9 Å². The Hall–Kier alpha value is -1.84. The Morgan fingerprint density at radius 1 is 1.00 bits per heavy atom. The summed E-state index contributed by atoms with van der Waals surface area (Å²) in [7, 11) is 0. The lowest BCUT2D eigenvalue weighted by Crippen LogP contribution is -2.54. The highest BCUT2D eigenvalue weighted by Gasteiger charge is 2.34. The molecule has 0 saturated carbocycles. The number of carbonyl (C=O) groups is 2. The first kappa shape index (κ1) is 19.5. The van der Waals surface area contributed by atoms with Gasteiger partial charge < -0.3 is 9.80 Å². The van der Waals surface area contributed by atoms with Crippen molar-refractivity contribution in [1.82, 2.24) is 9.80 Å². The lowest BCUT2D eigenvalue weighted by atomic mass is 9.84. The number of rotatable bonds is 4. The van der Waals surface area contributed by atoms with Crippen LogP contribution in [-0.2, 0) is 9.59 Å². The fourth-order valence-electron chi connectivity index (χ4n) is 3.41. The van der Waals surface area contributed by atoms with Crippen molar-refractivity contribution in [2.45, 2.75) is 47.0 Å². The van der Waals surface area contributed by atoms with Crippen molar-refractivity contribution < 1.29 is 9.59 Å². The van der Waals surface area contributed by atoms with Gasteiger partial charge in [0.1, 0.15) is 0 Å². The van der Waals surface area contributed by atoms with Crippen molar-refractivity contribution in [3.63, 3.8) is 0 Å². The molecule has 0 aromatic heterocycles. The van der Waals surface area contributed by atoms with Crippen LogP contribution in [0.2, 0.25) is 0 Å². The minimum atomic E-state index is -0.366. The summed E-state index contributed by atoms with van der Waals surface area (Å²) in [5.41, 5.74) is 0.727. The average Bonchev–Trinajstić information content (AvgIpc) is 2.61. The number of carbonyl (C=O) groups excluding carboxylic acids is 2. The molecule has 0 radical (unpaired) electrons. The Kier molecular flexibility index (Phi) is 6.26. The first-order valence-electron chi connectivity index (χ1n) is 9.38. The molecule has 25 heavy (non-hydrogen) atoms. The maximum Gasteiger partial charge on any atom is 0.230 e. The van der Waals surface area contributed by atoms with E-state index < -0.39 is 0 Å². The summed E-state index contributed by atoms with van der Waals surface area (Å²) in [5.74, 6) is 0.560. The van der Waals surface area contributed by atoms with Gasteiger partial charge in [0.2, 0.25) is 11.8 Å². The minimum Gasteiger partial charge on any atom is -0.339 e. The summed E-state index contributed by atoms with van der Waals surface area (Å²) in [6.45, 7) is 12.6. The standard InChI is InChI=1S/C21H32N2O2/c1-6-16(2)18(17-10-8-7-9-11-17)19(24)22-12-14-23(15-13-22)20(25)21(3,4)5/h7-11,16,18H,6,12-15H2,1-5H3. The molecule has 2 rings (SSSR count). The van der Waals surface area contributed by atoms with E-state index in [-0.39, 0.29) is 23.1 Å². The first-order valence-corrected chi connectivity index (χ1v) is 9.38. The van der Waals surface area contributed by atoms with E-state index in [1.807, 2.05) is 60.9 Å². The molecular formula is C21H32N2O2. The van der Waals surface area contributed by atoms with Gasteiger partial charge in [0, 0.05) is 31.6 Å². The van der Waals surface area contributed by atoms with Gasteiger partial charge >= 0.3 is 0 Å². The van der Waals surface area contributed by atoms with Crippen molar-refractivity contribution in [1.29, 1.82) is 0 Å². The van der Waals surface area contributed by atoms with Gasteiger partial charge in [-0.1, -0.05) is 71.4 Å². The molecular weight excluding hydrogens is 312 g/mol. The van der Waals surface area contributed by atoms with Gasteiger partial charge in [0.15, 0.2) is 0 Å². The second-order valence-electron chi connectivity index (χ2n) is 8.14. The van der Waals surface area contributed by atoms with Crippen molar-refractivity contribution >= 4 is 11.8 Å². The predicted octanol–water partition coefficient (Wildman–Crippen LogP) is 3.53. The van der Waals surface area contributed by atoms with E-state index in [1.165, 1.54) is 0 Å². The van der Waals surface area contributed by atoms with Crippen molar-refractivity contribution in [2.24, 2.45) is 11.3 Å². The summed E-state index contributed by atoms with van der Waals surface area (Å²) in [5, 5.41) is 0. The van der Waals surface area contributed by atoms with Gasteiger partial charge in [-0.2, -0.15) is 0 Å². The van der Waals surface area contributed by atoms with Crippen LogP contribution >= 0.6 is 0 Å². The van der Waals surface area contributed by atoms with Crippen LogP contribution in [0.15, 0.2) is 30.3 Å². The molecule has 2 amide bonds. The topological polar surface area (TPSA) is 40.6 Å². The third kappa shape index (κ3) is 4.62. The van der Waals surface area contributed by atoms with E-state index >= 15 is 0 Å². The fourth-order valence-corrected chi connectivity index (χ4v) is 3.41. The van der Waals surface area contributed by atoms with Crippen molar-refractivity contribution in [3.8, 4) is 0 Å². The Morgan fingerprint density at radius 2 is 1.52 bits per heavy atom. The van der Waals surface area contributed by atoms with E-state index in [9.17, 15) is 9.59 Å². The Balaban J connectivity index is 2.08. The molecule has 0 spiro atoms. The smallest absolute Gasteiger partial charge is 0.230 e. The number of benzene rings is 1. The molecule has 1 saturated heterocycles. The number of piperazine rings is 1. The fraction of sp³-hybridized carbons (Fsp3) is 0.619. The van der Waals surface area contributed by atoms with Gasteiger partial charge in [-0.3, -0.25) is 9.59 Å². The predicted molar refractivity (Wildman–Crippen MR) is 101 cm³/mol. The van der Waals surface area contributed by atoms with E-state index in [2.05, 4.69) is 13.8 Å². The molecule has 138 valence electrons. The molecule has 4 nitrogen and oxygen atoms in total. The zero-order valence-electron chi connectivity index (χ0n) is 16.3. The number of amides is 2. The van der Waals surface area contributed by atoms with Crippen LogP contribution in [0.1, 0.15) is 52.5 Å². The van der Waals surface area contributed by atoms with Crippen LogP contribution < -0.4 is 0 Å². The Labute approximate surface area is 152 Å². The monoisotopic (exact) mass is 344 g/mol. The Bertz CT molecular complexity index is 584. The quantitative estimate of drug-likeness (QED) is 0.838. The molecule has 1 aromatic carbocycles. The van der Waals surface area contributed by atoms with Crippen molar-refractivity contribution in [2.75, 3.05) is 26.2 Å². The third-order valence-corrected chi connectivity index (χ3v) is 5.16. The normalized spacial score (nSPS) is 18.0. The van der Waals surface area contributed by atoms with Gasteiger partial charge in [-0.05, 0) is 11.5 Å². The zero-order valence-corrected chi connectivity index (χ0v) is 16.3. The van der Waals surface area contributed by atoms with Gasteiger partial charge in [0.05, 0.1) is 5.92 Å². The number of hydrogen-bond acceptors (Lipinski definition) is 2. The molecule has 4 heteroatoms. The zero-order chi connectivity index (χ0) is 18.6. The van der Waals surface area contributed by atoms with Crippen LogP contribution in [0.4, 0.5) is 0 Å². The van der Waals surface area contributed by atoms with Crippen LogP contribution in [0.25, 0.3) is 0 Å². The molecule has 2 unspecified atom stereocenters. The molecule has 2 atom stereocenters. The average molecular weight is 344 g/mol. The molecule has 0 bridgehead atoms. The summed E-state index contributed by atoms with van der Waals surface area (Å²) in [4.78, 5) is 29.5. The minimum absolute atomic E-state index is 0.101. The molecule has 0 aliphatic carbocycles. The molecule has 1 aliphatic heterocycles. The van der Waals surface area contributed by atoms with E-state index in [1.54, 1.807) is 0 Å². The van der Waals surface area contributed by atoms with Gasteiger partial charge in [0.25, 0.3) is 0 Å². The number of hydrogen-bond donors (Lipinski definition) is 0. The van der Waals surface area contributed by atoms with Crippen LogP contribution in [0, 0.1) is 11.3 Å². The highest BCUT2D eigenvalue weighted by Crippen LogP contribution is 2.29. The lowest BCUT2D eigenvalue weighted by molar-refractivity contribution is -0.145. The summed E-state index contributed by atoms with van der Waals surface area (Å²) in [6, 6.07) is 10.1. The third-order valence-electron chi connectivity index (χ3n) is 5.16. The summed E-state index contributed by atoms with van der Waals surface area (Å²) >= 11 is 0. The second-order valence-corrected chi connectivity index (χ2v) is 8.14. The molecule has 0 N–H and O–H groups in total. The van der Waals surface area contributed by atoms with Crippen LogP contribution in [0.5, 0.6) is 0 Å². The lowest BCUT2D eigenvalue weighted by Gasteiger charge is -2.39. The summed E-state index contributed by atoms with van der Waals surface area (Å²) < 4.78 is 0.